The first-order valence-corrected chi connectivity index (χ1v) is 4.42. The van der Waals surface area contributed by atoms with Crippen LogP contribution in [0.5, 0.6) is 0 Å². The Morgan fingerprint density at radius 3 is 2.88 bits per heavy atom. The monoisotopic (exact) mass is 222 g/mol. The Morgan fingerprint density at radius 2 is 2.25 bits per heavy atom. The molecule has 7 nitrogen and oxygen atoms in total. The molecule has 3 N–H and O–H groups in total. The Morgan fingerprint density at radius 1 is 1.50 bits per heavy atom. The van der Waals surface area contributed by atoms with Crippen LogP contribution < -0.4 is 5.84 Å². The van der Waals surface area contributed by atoms with Gasteiger partial charge in [0, 0.05) is 11.6 Å². The van der Waals surface area contributed by atoms with E-state index in [1.165, 1.54) is 0 Å². The van der Waals surface area contributed by atoms with Crippen molar-refractivity contribution >= 4 is 11.6 Å². The highest BCUT2D eigenvalue weighted by atomic mass is 16.3. The minimum Gasteiger partial charge on any atom is -0.383 e. The summed E-state index contributed by atoms with van der Waals surface area (Å²) in [7, 11) is 0. The van der Waals surface area contributed by atoms with Gasteiger partial charge in [-0.1, -0.05) is 17.4 Å². The molecule has 0 saturated carbocycles. The highest BCUT2D eigenvalue weighted by Crippen LogP contribution is 2.15. The number of aliphatic hydroxyl groups excluding tert-OH is 1. The van der Waals surface area contributed by atoms with Crippen molar-refractivity contribution in [2.45, 2.75) is 12.5 Å². The van der Waals surface area contributed by atoms with Gasteiger partial charge in [-0.2, -0.15) is 0 Å². The van der Waals surface area contributed by atoms with Gasteiger partial charge in [-0.15, -0.1) is 10.0 Å². The number of hydrogen-bond donors (Lipinski definition) is 2. The Labute approximate surface area is 90.9 Å². The number of carbonyl (C=O) groups is 1. The van der Waals surface area contributed by atoms with Crippen molar-refractivity contribution in [1.29, 1.82) is 0 Å². The van der Waals surface area contributed by atoms with E-state index < -0.39 is 12.0 Å². The van der Waals surface area contributed by atoms with Gasteiger partial charge in [-0.05, 0) is 17.7 Å². The van der Waals surface area contributed by atoms with Crippen LogP contribution in [-0.2, 0) is 11.2 Å². The SMILES string of the molecule is NN=Nc1cccc(CC(O)C(=O)N=O)c1. The fourth-order valence-electron chi connectivity index (χ4n) is 1.18. The molecule has 0 fully saturated rings. The number of nitrogens with two attached hydrogens (primary N) is 1. The summed E-state index contributed by atoms with van der Waals surface area (Å²) >= 11 is 0. The molecule has 1 aromatic rings. The van der Waals surface area contributed by atoms with E-state index in [0.29, 0.717) is 11.3 Å². The molecule has 0 aliphatic rings. The van der Waals surface area contributed by atoms with E-state index in [0.717, 1.165) is 0 Å². The van der Waals surface area contributed by atoms with Crippen LogP contribution in [0.3, 0.4) is 0 Å². The van der Waals surface area contributed by atoms with Crippen molar-refractivity contribution in [1.82, 2.24) is 0 Å². The normalized spacial score (nSPS) is 12.6. The van der Waals surface area contributed by atoms with E-state index in [1.54, 1.807) is 24.3 Å². The molecule has 0 aromatic heterocycles. The molecule has 0 spiro atoms. The van der Waals surface area contributed by atoms with Crippen LogP contribution in [0.25, 0.3) is 0 Å². The van der Waals surface area contributed by atoms with Crippen molar-refractivity contribution in [3.63, 3.8) is 0 Å². The van der Waals surface area contributed by atoms with E-state index in [4.69, 9.17) is 5.84 Å². The number of benzene rings is 1. The number of rotatable bonds is 4. The van der Waals surface area contributed by atoms with Gasteiger partial charge in [-0.3, -0.25) is 4.79 Å². The van der Waals surface area contributed by atoms with Crippen molar-refractivity contribution < 1.29 is 9.90 Å². The molecule has 0 saturated heterocycles. The van der Waals surface area contributed by atoms with Crippen LogP contribution in [0.4, 0.5) is 5.69 Å². The highest BCUT2D eigenvalue weighted by Gasteiger charge is 2.15. The summed E-state index contributed by atoms with van der Waals surface area (Å²) in [6.07, 6.45) is -1.43. The molecule has 0 bridgehead atoms. The third-order valence-electron chi connectivity index (χ3n) is 1.89. The smallest absolute Gasteiger partial charge is 0.314 e. The predicted molar refractivity (Wildman–Crippen MR) is 55.7 cm³/mol. The summed E-state index contributed by atoms with van der Waals surface area (Å²) in [5, 5.41) is 18.1. The summed E-state index contributed by atoms with van der Waals surface area (Å²) in [5.41, 5.74) is 1.13. The molecule has 7 heteroatoms. The molecule has 0 radical (unpaired) electrons. The summed E-state index contributed by atoms with van der Waals surface area (Å²) in [5.74, 6) is 3.79. The van der Waals surface area contributed by atoms with Crippen LogP contribution in [0.1, 0.15) is 5.56 Å². The lowest BCUT2D eigenvalue weighted by molar-refractivity contribution is -0.125. The fraction of sp³-hybridized carbons (Fsp3) is 0.222. The lowest BCUT2D eigenvalue weighted by Crippen LogP contribution is -2.20. The Kier molecular flexibility index (Phi) is 4.22. The van der Waals surface area contributed by atoms with E-state index in [9.17, 15) is 14.8 Å². The van der Waals surface area contributed by atoms with Gasteiger partial charge in [0.15, 0.2) is 0 Å². The molecule has 0 aliphatic heterocycles. The van der Waals surface area contributed by atoms with Crippen LogP contribution in [0.2, 0.25) is 0 Å². The second-order valence-corrected chi connectivity index (χ2v) is 3.03. The molecule has 0 heterocycles. The number of hydrogen-bond acceptors (Lipinski definition) is 5. The molecule has 1 amide bonds. The second kappa shape index (κ2) is 5.66. The highest BCUT2D eigenvalue weighted by molar-refractivity contribution is 5.81. The average molecular weight is 222 g/mol. The zero-order valence-corrected chi connectivity index (χ0v) is 8.28. The largest absolute Gasteiger partial charge is 0.383 e. The Hall–Kier alpha value is -2.15. The van der Waals surface area contributed by atoms with Gasteiger partial charge in [0.25, 0.3) is 0 Å². The van der Waals surface area contributed by atoms with Gasteiger partial charge in [0.2, 0.25) is 0 Å². The topological polar surface area (TPSA) is 117 Å². The van der Waals surface area contributed by atoms with Crippen molar-refractivity contribution in [3.8, 4) is 0 Å². The van der Waals surface area contributed by atoms with Gasteiger partial charge in [-0.25, -0.2) is 0 Å². The molecular weight excluding hydrogens is 212 g/mol. The zero-order chi connectivity index (χ0) is 12.0. The minimum atomic E-state index is -1.43. The number of aliphatic hydroxyl groups is 1. The fourth-order valence-corrected chi connectivity index (χ4v) is 1.18. The summed E-state index contributed by atoms with van der Waals surface area (Å²) in [6.45, 7) is 0. The van der Waals surface area contributed by atoms with Crippen LogP contribution in [0, 0.1) is 4.91 Å². The maximum absolute atomic E-state index is 10.7. The number of amides is 1. The molecule has 84 valence electrons. The van der Waals surface area contributed by atoms with Gasteiger partial charge >= 0.3 is 5.91 Å². The lowest BCUT2D eigenvalue weighted by Gasteiger charge is -2.05. The van der Waals surface area contributed by atoms with Crippen LogP contribution in [-0.4, -0.2) is 17.1 Å². The first kappa shape index (κ1) is 11.9. The van der Waals surface area contributed by atoms with Crippen LogP contribution in [0.15, 0.2) is 39.8 Å². The van der Waals surface area contributed by atoms with Crippen LogP contribution >= 0.6 is 0 Å². The number of nitrogens with zero attached hydrogens (tertiary/aromatic N) is 3. The lowest BCUT2D eigenvalue weighted by atomic mass is 10.1. The summed E-state index contributed by atoms with van der Waals surface area (Å²) < 4.78 is 0. The van der Waals surface area contributed by atoms with Gasteiger partial charge in [0.05, 0.1) is 5.69 Å². The average Bonchev–Trinajstić information content (AvgIpc) is 2.29. The van der Waals surface area contributed by atoms with Crippen molar-refractivity contribution in [3.05, 3.63) is 34.7 Å². The third kappa shape index (κ3) is 3.21. The number of carbonyl (C=O) groups excluding carboxylic acids is 1. The van der Waals surface area contributed by atoms with E-state index in [1.807, 2.05) is 0 Å². The quantitative estimate of drug-likeness (QED) is 0.339. The maximum Gasteiger partial charge on any atom is 0.314 e. The Balaban J connectivity index is 2.77. The number of nitroso groups, excluding NO2 is 1. The molecule has 1 rings (SSSR count). The maximum atomic E-state index is 10.7. The minimum absolute atomic E-state index is 0.00148. The summed E-state index contributed by atoms with van der Waals surface area (Å²) in [6, 6.07) is 6.60. The van der Waals surface area contributed by atoms with E-state index >= 15 is 0 Å². The van der Waals surface area contributed by atoms with E-state index in [2.05, 4.69) is 15.5 Å². The molecule has 1 aromatic carbocycles. The predicted octanol–water partition coefficient (Wildman–Crippen LogP) is 0.840. The molecule has 1 atom stereocenters. The van der Waals surface area contributed by atoms with Gasteiger partial charge in [0.1, 0.15) is 6.10 Å². The molecular formula is C9H10N4O3. The van der Waals surface area contributed by atoms with Crippen molar-refractivity contribution in [2.75, 3.05) is 0 Å². The van der Waals surface area contributed by atoms with E-state index in [-0.39, 0.29) is 6.42 Å². The van der Waals surface area contributed by atoms with Crippen molar-refractivity contribution in [2.24, 2.45) is 21.4 Å². The second-order valence-electron chi connectivity index (χ2n) is 3.03. The zero-order valence-electron chi connectivity index (χ0n) is 8.28. The van der Waals surface area contributed by atoms with Gasteiger partial charge < -0.3 is 10.9 Å². The summed E-state index contributed by atoms with van der Waals surface area (Å²) in [4.78, 5) is 20.6. The molecule has 16 heavy (non-hydrogen) atoms. The first-order chi connectivity index (χ1) is 7.67. The molecule has 1 unspecified atom stereocenters. The standard InChI is InChI=1S/C9H10N4O3/c10-13-11-7-3-1-2-6(4-7)5-8(14)9(15)12-16/h1-4,8,14H,5H2,(H2,10,11). The molecule has 0 aliphatic carbocycles. The Bertz CT molecular complexity index is 419. The third-order valence-corrected chi connectivity index (χ3v) is 1.89. The first-order valence-electron chi connectivity index (χ1n) is 4.42.